The molecule has 0 saturated carbocycles. The summed E-state index contributed by atoms with van der Waals surface area (Å²) in [5.74, 6) is 0. The number of hydrogen-bond acceptors (Lipinski definition) is 2. The van der Waals surface area contributed by atoms with Crippen molar-refractivity contribution in [3.8, 4) is 0 Å². The lowest BCUT2D eigenvalue weighted by Gasteiger charge is -2.11. The molecule has 1 fully saturated rings. The number of ether oxygens (including phenoxy) is 1. The summed E-state index contributed by atoms with van der Waals surface area (Å²) in [6, 6.07) is 9.54. The van der Waals surface area contributed by atoms with Crippen molar-refractivity contribution in [1.29, 1.82) is 0 Å². The number of rotatable bonds is 2. The van der Waals surface area contributed by atoms with Gasteiger partial charge in [0.2, 0.25) is 0 Å². The molecular weight excluding hydrogens is 246 g/mol. The van der Waals surface area contributed by atoms with Crippen LogP contribution in [-0.2, 0) is 4.74 Å². The highest BCUT2D eigenvalue weighted by Gasteiger charge is 2.31. The maximum atomic E-state index is 11.4. The van der Waals surface area contributed by atoms with Crippen molar-refractivity contribution in [3.63, 3.8) is 0 Å². The summed E-state index contributed by atoms with van der Waals surface area (Å²) in [6.45, 7) is 0.619. The fourth-order valence-electron chi connectivity index (χ4n) is 1.42. The maximum Gasteiger partial charge on any atom is 0.414 e. The molecular formula is C10H10BrNO2. The van der Waals surface area contributed by atoms with Gasteiger partial charge < -0.3 is 4.74 Å². The molecule has 1 aliphatic rings. The largest absolute Gasteiger partial charge is 0.443 e. The van der Waals surface area contributed by atoms with Gasteiger partial charge in [0.1, 0.15) is 6.10 Å². The highest BCUT2D eigenvalue weighted by Crippen LogP contribution is 2.21. The van der Waals surface area contributed by atoms with Gasteiger partial charge in [0, 0.05) is 11.0 Å². The van der Waals surface area contributed by atoms with Crippen LogP contribution in [0.25, 0.3) is 0 Å². The number of carbonyl (C=O) groups excluding carboxylic acids is 1. The SMILES string of the molecule is O=C1OC(CBr)CN1c1ccccc1. The van der Waals surface area contributed by atoms with E-state index in [1.54, 1.807) is 4.90 Å². The Balaban J connectivity index is 2.17. The van der Waals surface area contributed by atoms with E-state index >= 15 is 0 Å². The summed E-state index contributed by atoms with van der Waals surface area (Å²) in [6.07, 6.45) is -0.302. The minimum atomic E-state index is -0.263. The van der Waals surface area contributed by atoms with Crippen LogP contribution >= 0.6 is 15.9 Å². The van der Waals surface area contributed by atoms with Crippen molar-refractivity contribution in [2.75, 3.05) is 16.8 Å². The predicted molar refractivity (Wildman–Crippen MR) is 57.9 cm³/mol. The third-order valence-electron chi connectivity index (χ3n) is 2.11. The first-order chi connectivity index (χ1) is 6.81. The maximum absolute atomic E-state index is 11.4. The molecule has 1 saturated heterocycles. The van der Waals surface area contributed by atoms with E-state index in [4.69, 9.17) is 4.74 Å². The molecule has 3 nitrogen and oxygen atoms in total. The molecule has 1 aliphatic heterocycles. The van der Waals surface area contributed by atoms with Crippen LogP contribution in [0, 0.1) is 0 Å². The van der Waals surface area contributed by atoms with Gasteiger partial charge >= 0.3 is 6.09 Å². The fraction of sp³-hybridized carbons (Fsp3) is 0.300. The quantitative estimate of drug-likeness (QED) is 0.760. The van der Waals surface area contributed by atoms with Crippen molar-refractivity contribution >= 4 is 27.7 Å². The Bertz CT molecular complexity index is 328. The smallest absolute Gasteiger partial charge is 0.414 e. The second-order valence-corrected chi connectivity index (χ2v) is 3.75. The van der Waals surface area contributed by atoms with E-state index < -0.39 is 0 Å². The van der Waals surface area contributed by atoms with E-state index in [9.17, 15) is 4.79 Å². The van der Waals surface area contributed by atoms with E-state index in [-0.39, 0.29) is 12.2 Å². The molecule has 4 heteroatoms. The van der Waals surface area contributed by atoms with Crippen molar-refractivity contribution in [1.82, 2.24) is 0 Å². The van der Waals surface area contributed by atoms with E-state index in [1.807, 2.05) is 30.3 Å². The van der Waals surface area contributed by atoms with Crippen molar-refractivity contribution in [3.05, 3.63) is 30.3 Å². The van der Waals surface area contributed by atoms with Crippen LogP contribution in [0.1, 0.15) is 0 Å². The first-order valence-electron chi connectivity index (χ1n) is 4.40. The molecule has 0 spiro atoms. The van der Waals surface area contributed by atoms with Gasteiger partial charge in [-0.3, -0.25) is 4.90 Å². The normalized spacial score (nSPS) is 21.1. The Labute approximate surface area is 90.8 Å². The lowest BCUT2D eigenvalue weighted by Crippen LogP contribution is -2.24. The van der Waals surface area contributed by atoms with E-state index in [1.165, 1.54) is 0 Å². The van der Waals surface area contributed by atoms with Crippen LogP contribution in [0.15, 0.2) is 30.3 Å². The number of carbonyl (C=O) groups is 1. The highest BCUT2D eigenvalue weighted by atomic mass is 79.9. The van der Waals surface area contributed by atoms with Crippen LogP contribution in [0.2, 0.25) is 0 Å². The molecule has 1 heterocycles. The summed E-state index contributed by atoms with van der Waals surface area (Å²) >= 11 is 3.30. The molecule has 0 bridgehead atoms. The molecule has 1 aromatic carbocycles. The Morgan fingerprint density at radius 2 is 2.14 bits per heavy atom. The number of hydrogen-bond donors (Lipinski definition) is 0. The fourth-order valence-corrected chi connectivity index (χ4v) is 1.76. The minimum absolute atomic E-state index is 0.0392. The zero-order valence-electron chi connectivity index (χ0n) is 7.52. The molecule has 74 valence electrons. The van der Waals surface area contributed by atoms with Gasteiger partial charge in [-0.25, -0.2) is 4.79 Å². The lowest BCUT2D eigenvalue weighted by atomic mass is 10.3. The average Bonchev–Trinajstić information content (AvgIpc) is 2.61. The first-order valence-corrected chi connectivity index (χ1v) is 5.52. The van der Waals surface area contributed by atoms with Crippen LogP contribution in [0.4, 0.5) is 10.5 Å². The second-order valence-electron chi connectivity index (χ2n) is 3.11. The number of para-hydroxylation sites is 1. The molecule has 1 unspecified atom stereocenters. The van der Waals surface area contributed by atoms with E-state index in [0.29, 0.717) is 11.9 Å². The number of amides is 1. The molecule has 0 radical (unpaired) electrons. The Morgan fingerprint density at radius 1 is 1.43 bits per heavy atom. The van der Waals surface area contributed by atoms with Crippen molar-refractivity contribution in [2.45, 2.75) is 6.10 Å². The minimum Gasteiger partial charge on any atom is -0.443 e. The summed E-state index contributed by atoms with van der Waals surface area (Å²) in [5, 5.41) is 0.683. The van der Waals surface area contributed by atoms with Gasteiger partial charge in [0.15, 0.2) is 0 Å². The molecule has 0 aromatic heterocycles. The standard InChI is InChI=1S/C10H10BrNO2/c11-6-9-7-12(10(13)14-9)8-4-2-1-3-5-8/h1-5,9H,6-7H2. The summed E-state index contributed by atoms with van der Waals surface area (Å²) in [4.78, 5) is 13.1. The van der Waals surface area contributed by atoms with Gasteiger partial charge in [0.25, 0.3) is 0 Å². The van der Waals surface area contributed by atoms with Crippen molar-refractivity contribution in [2.24, 2.45) is 0 Å². The molecule has 2 rings (SSSR count). The third-order valence-corrected chi connectivity index (χ3v) is 2.84. The van der Waals surface area contributed by atoms with E-state index in [0.717, 1.165) is 5.69 Å². The van der Waals surface area contributed by atoms with Crippen LogP contribution in [0.3, 0.4) is 0 Å². The molecule has 1 atom stereocenters. The number of benzene rings is 1. The molecule has 0 N–H and O–H groups in total. The number of cyclic esters (lactones) is 1. The number of anilines is 1. The summed E-state index contributed by atoms with van der Waals surface area (Å²) < 4.78 is 5.12. The van der Waals surface area contributed by atoms with Gasteiger partial charge in [-0.15, -0.1) is 0 Å². The zero-order chi connectivity index (χ0) is 9.97. The number of alkyl halides is 1. The monoisotopic (exact) mass is 255 g/mol. The molecule has 1 aromatic rings. The molecule has 1 amide bonds. The van der Waals surface area contributed by atoms with Gasteiger partial charge in [-0.05, 0) is 12.1 Å². The Hall–Kier alpha value is -1.03. The number of nitrogens with zero attached hydrogens (tertiary/aromatic N) is 1. The predicted octanol–water partition coefficient (Wildman–Crippen LogP) is 2.41. The Kier molecular flexibility index (Phi) is 2.72. The van der Waals surface area contributed by atoms with Gasteiger partial charge in [0.05, 0.1) is 6.54 Å². The lowest BCUT2D eigenvalue weighted by molar-refractivity contribution is 0.152. The highest BCUT2D eigenvalue weighted by molar-refractivity contribution is 9.09. The average molecular weight is 256 g/mol. The van der Waals surface area contributed by atoms with Crippen molar-refractivity contribution < 1.29 is 9.53 Å². The van der Waals surface area contributed by atoms with Gasteiger partial charge in [-0.2, -0.15) is 0 Å². The van der Waals surface area contributed by atoms with E-state index in [2.05, 4.69) is 15.9 Å². The molecule has 14 heavy (non-hydrogen) atoms. The van der Waals surface area contributed by atoms with Crippen LogP contribution < -0.4 is 4.90 Å². The summed E-state index contributed by atoms with van der Waals surface area (Å²) in [7, 11) is 0. The van der Waals surface area contributed by atoms with Gasteiger partial charge in [-0.1, -0.05) is 34.1 Å². The summed E-state index contributed by atoms with van der Waals surface area (Å²) in [5.41, 5.74) is 0.890. The number of halogens is 1. The van der Waals surface area contributed by atoms with Crippen LogP contribution in [0.5, 0.6) is 0 Å². The van der Waals surface area contributed by atoms with Crippen LogP contribution in [-0.4, -0.2) is 24.1 Å². The Morgan fingerprint density at radius 3 is 2.71 bits per heavy atom. The second kappa shape index (κ2) is 4.00. The first kappa shape index (κ1) is 9.52. The zero-order valence-corrected chi connectivity index (χ0v) is 9.11. The third kappa shape index (κ3) is 1.75. The molecule has 0 aliphatic carbocycles. The topological polar surface area (TPSA) is 29.5 Å².